The number of ether oxygens (including phenoxy) is 3. The predicted octanol–water partition coefficient (Wildman–Crippen LogP) is 4.37. The molecule has 1 aromatic heterocycles. The second kappa shape index (κ2) is 11.6. The molecule has 3 aromatic rings. The molecular weight excluding hydrogens is 488 g/mol. The van der Waals surface area contributed by atoms with Crippen LogP contribution in [0.4, 0.5) is 0 Å². The highest BCUT2D eigenvalue weighted by molar-refractivity contribution is 7.07. The molecule has 37 heavy (non-hydrogen) atoms. The number of hydrogen-bond donors (Lipinski definition) is 0. The lowest BCUT2D eigenvalue weighted by Gasteiger charge is -2.25. The van der Waals surface area contributed by atoms with Crippen LogP contribution in [0.3, 0.4) is 0 Å². The number of benzene rings is 2. The molecule has 0 saturated heterocycles. The van der Waals surface area contributed by atoms with E-state index in [9.17, 15) is 9.59 Å². The maximum Gasteiger partial charge on any atom is 0.338 e. The van der Waals surface area contributed by atoms with Gasteiger partial charge in [0.05, 0.1) is 41.2 Å². The Hall–Kier alpha value is -3.65. The Balaban J connectivity index is 1.82. The third-order valence-electron chi connectivity index (χ3n) is 5.74. The molecule has 0 fully saturated rings. The van der Waals surface area contributed by atoms with Gasteiger partial charge >= 0.3 is 5.97 Å². The number of nitrogens with zero attached hydrogens (tertiary/aromatic N) is 2. The van der Waals surface area contributed by atoms with Gasteiger partial charge in [-0.15, -0.1) is 0 Å². The van der Waals surface area contributed by atoms with Crippen molar-refractivity contribution in [1.29, 1.82) is 0 Å². The topological polar surface area (TPSA) is 79.1 Å². The zero-order chi connectivity index (χ0) is 26.5. The summed E-state index contributed by atoms with van der Waals surface area (Å²) in [7, 11) is 0. The van der Waals surface area contributed by atoms with Crippen LogP contribution in [-0.2, 0) is 9.53 Å². The number of aromatic nitrogens is 1. The van der Waals surface area contributed by atoms with Gasteiger partial charge in [0.25, 0.3) is 5.56 Å². The Kier molecular flexibility index (Phi) is 8.28. The molecule has 194 valence electrons. The van der Waals surface area contributed by atoms with Crippen LogP contribution in [0.2, 0.25) is 0 Å². The van der Waals surface area contributed by atoms with Gasteiger partial charge in [-0.05, 0) is 75.6 Å². The van der Waals surface area contributed by atoms with E-state index in [4.69, 9.17) is 14.2 Å². The number of hydrogen-bond acceptors (Lipinski definition) is 7. The number of carbonyl (C=O) groups excluding carboxylic acids is 1. The summed E-state index contributed by atoms with van der Waals surface area (Å²) in [5.74, 6) is 1.03. The fourth-order valence-electron chi connectivity index (χ4n) is 4.12. The highest BCUT2D eigenvalue weighted by atomic mass is 32.1. The summed E-state index contributed by atoms with van der Waals surface area (Å²) in [5.41, 5.74) is 2.33. The maximum absolute atomic E-state index is 13.7. The van der Waals surface area contributed by atoms with Gasteiger partial charge in [0.15, 0.2) is 4.80 Å². The van der Waals surface area contributed by atoms with Gasteiger partial charge in [-0.1, -0.05) is 42.5 Å². The van der Waals surface area contributed by atoms with Crippen molar-refractivity contribution >= 4 is 23.4 Å². The first-order valence-electron chi connectivity index (χ1n) is 12.5. The molecule has 2 heterocycles. The third kappa shape index (κ3) is 5.85. The molecule has 0 aliphatic carbocycles. The smallest absolute Gasteiger partial charge is 0.338 e. The van der Waals surface area contributed by atoms with Crippen LogP contribution in [0.1, 0.15) is 58.2 Å². The molecule has 1 aliphatic rings. The maximum atomic E-state index is 13.7. The summed E-state index contributed by atoms with van der Waals surface area (Å²) in [4.78, 5) is 32.1. The van der Waals surface area contributed by atoms with E-state index in [1.807, 2.05) is 61.5 Å². The van der Waals surface area contributed by atoms with Crippen LogP contribution in [-0.4, -0.2) is 29.9 Å². The highest BCUT2D eigenvalue weighted by Crippen LogP contribution is 2.32. The number of fused-ring (bicyclic) bond motifs is 1. The number of rotatable bonds is 9. The van der Waals surface area contributed by atoms with Crippen molar-refractivity contribution in [2.24, 2.45) is 4.99 Å². The lowest BCUT2D eigenvalue weighted by molar-refractivity contribution is -0.143. The van der Waals surface area contributed by atoms with Gasteiger partial charge in [0, 0.05) is 0 Å². The molecule has 1 aliphatic heterocycles. The second-order valence-electron chi connectivity index (χ2n) is 8.96. The first-order valence-corrected chi connectivity index (χ1v) is 13.3. The Morgan fingerprint density at radius 3 is 2.32 bits per heavy atom. The molecule has 0 radical (unpaired) electrons. The number of esters is 1. The van der Waals surface area contributed by atoms with Gasteiger partial charge in [-0.3, -0.25) is 9.36 Å². The van der Waals surface area contributed by atoms with Gasteiger partial charge in [0.1, 0.15) is 11.5 Å². The molecule has 8 heteroatoms. The summed E-state index contributed by atoms with van der Waals surface area (Å²) < 4.78 is 18.9. The van der Waals surface area contributed by atoms with Gasteiger partial charge < -0.3 is 14.2 Å². The molecule has 0 bridgehead atoms. The van der Waals surface area contributed by atoms with E-state index < -0.39 is 12.0 Å². The van der Waals surface area contributed by atoms with Crippen LogP contribution in [0.15, 0.2) is 69.6 Å². The minimum Gasteiger partial charge on any atom is -0.494 e. The fraction of sp³-hybridized carbons (Fsp3) is 0.345. The molecular formula is C29H32N2O5S. The quantitative estimate of drug-likeness (QED) is 0.392. The molecule has 1 atom stereocenters. The van der Waals surface area contributed by atoms with E-state index in [-0.39, 0.29) is 11.7 Å². The summed E-state index contributed by atoms with van der Waals surface area (Å²) in [6.45, 7) is 10.6. The van der Waals surface area contributed by atoms with Crippen molar-refractivity contribution in [3.05, 3.63) is 90.6 Å². The molecule has 0 saturated carbocycles. The van der Waals surface area contributed by atoms with E-state index in [2.05, 4.69) is 11.9 Å². The molecule has 0 N–H and O–H groups in total. The van der Waals surface area contributed by atoms with Crippen molar-refractivity contribution in [3.63, 3.8) is 0 Å². The van der Waals surface area contributed by atoms with E-state index >= 15 is 0 Å². The molecule has 7 nitrogen and oxygen atoms in total. The lowest BCUT2D eigenvalue weighted by atomic mass is 9.96. The van der Waals surface area contributed by atoms with Gasteiger partial charge in [-0.25, -0.2) is 9.79 Å². The lowest BCUT2D eigenvalue weighted by Crippen LogP contribution is -2.40. The Labute approximate surface area is 220 Å². The molecule has 4 rings (SSSR count). The standard InChI is InChI=1S/C29H32N2O5S/c1-6-16-35-23-12-8-20(9-13-23)17-24-27(32)31-26(21-10-14-22(15-11-21)34-7-2)25(28(33)36-18(3)4)19(5)30-29(31)37-24/h8-15,17-18,26H,6-7,16H2,1-5H3/b24-17+/t26-/m0/s1. The Morgan fingerprint density at radius 1 is 1.05 bits per heavy atom. The van der Waals surface area contributed by atoms with E-state index in [1.54, 1.807) is 25.3 Å². The number of carbonyl (C=O) groups is 1. The first-order chi connectivity index (χ1) is 17.8. The summed E-state index contributed by atoms with van der Waals surface area (Å²) in [5, 5.41) is 0. The molecule has 0 amide bonds. The minimum absolute atomic E-state index is 0.212. The van der Waals surface area contributed by atoms with Crippen molar-refractivity contribution in [2.45, 2.75) is 53.2 Å². The molecule has 2 aromatic carbocycles. The Morgan fingerprint density at radius 2 is 1.70 bits per heavy atom. The number of allylic oxidation sites excluding steroid dienone is 1. The predicted molar refractivity (Wildman–Crippen MR) is 145 cm³/mol. The largest absolute Gasteiger partial charge is 0.494 e. The molecule has 0 unspecified atom stereocenters. The normalized spacial score (nSPS) is 15.4. The third-order valence-corrected chi connectivity index (χ3v) is 6.72. The van der Waals surface area contributed by atoms with E-state index in [1.165, 1.54) is 11.3 Å². The SMILES string of the molecule is CCCOc1ccc(/C=c2/sc3n(c2=O)[C@@H](c2ccc(OCC)cc2)C(C(=O)OC(C)C)=C(C)N=3)cc1. The average molecular weight is 521 g/mol. The highest BCUT2D eigenvalue weighted by Gasteiger charge is 2.33. The van der Waals surface area contributed by atoms with Crippen LogP contribution in [0.25, 0.3) is 6.08 Å². The van der Waals surface area contributed by atoms with Crippen molar-refractivity contribution in [1.82, 2.24) is 4.57 Å². The van der Waals surface area contributed by atoms with Crippen LogP contribution in [0.5, 0.6) is 11.5 Å². The van der Waals surface area contributed by atoms with E-state index in [0.717, 1.165) is 29.0 Å². The first kappa shape index (κ1) is 26.4. The number of thiazole rings is 1. The Bertz CT molecular complexity index is 1460. The van der Waals surface area contributed by atoms with Crippen molar-refractivity contribution in [2.75, 3.05) is 13.2 Å². The van der Waals surface area contributed by atoms with Gasteiger partial charge in [0.2, 0.25) is 0 Å². The summed E-state index contributed by atoms with van der Waals surface area (Å²) in [6, 6.07) is 14.4. The van der Waals surface area contributed by atoms with Gasteiger partial charge in [-0.2, -0.15) is 0 Å². The van der Waals surface area contributed by atoms with Crippen LogP contribution in [0, 0.1) is 0 Å². The fourth-order valence-corrected chi connectivity index (χ4v) is 5.17. The average Bonchev–Trinajstić information content (AvgIpc) is 3.17. The van der Waals surface area contributed by atoms with Crippen LogP contribution >= 0.6 is 11.3 Å². The minimum atomic E-state index is -0.662. The summed E-state index contributed by atoms with van der Waals surface area (Å²) >= 11 is 1.30. The molecule has 0 spiro atoms. The van der Waals surface area contributed by atoms with Crippen molar-refractivity contribution < 1.29 is 19.0 Å². The van der Waals surface area contributed by atoms with Crippen molar-refractivity contribution in [3.8, 4) is 11.5 Å². The zero-order valence-corrected chi connectivity index (χ0v) is 22.6. The zero-order valence-electron chi connectivity index (χ0n) is 21.8. The second-order valence-corrected chi connectivity index (χ2v) is 9.96. The summed E-state index contributed by atoms with van der Waals surface area (Å²) in [6.07, 6.45) is 2.47. The van der Waals surface area contributed by atoms with Crippen LogP contribution < -0.4 is 24.4 Å². The monoisotopic (exact) mass is 520 g/mol. The van der Waals surface area contributed by atoms with E-state index in [0.29, 0.717) is 33.8 Å².